The van der Waals surface area contributed by atoms with Crippen molar-refractivity contribution in [2.45, 2.75) is 50.4 Å². The molecule has 0 bridgehead atoms. The normalized spacial score (nSPS) is 30.0. The first-order chi connectivity index (χ1) is 10.3. The summed E-state index contributed by atoms with van der Waals surface area (Å²) in [6, 6.07) is 0. The average Bonchev–Trinajstić information content (AvgIpc) is 3.05. The van der Waals surface area contributed by atoms with Crippen molar-refractivity contribution < 1.29 is 9.53 Å². The average molecular weight is 291 g/mol. The number of rotatable bonds is 3. The van der Waals surface area contributed by atoms with Gasteiger partial charge in [0.05, 0.1) is 13.0 Å². The highest BCUT2D eigenvalue weighted by Crippen LogP contribution is 2.36. The van der Waals surface area contributed by atoms with Crippen molar-refractivity contribution in [1.82, 2.24) is 15.3 Å². The van der Waals surface area contributed by atoms with Crippen LogP contribution in [0.5, 0.6) is 0 Å². The smallest absolute Gasteiger partial charge is 0.308 e. The zero-order valence-electron chi connectivity index (χ0n) is 12.7. The molecule has 0 spiro atoms. The number of carbonyl (C=O) groups excluding carboxylic acids is 1. The molecule has 1 aromatic rings. The first-order valence-electron chi connectivity index (χ1n) is 8.11. The third-order valence-electron chi connectivity index (χ3n) is 4.95. The van der Waals surface area contributed by atoms with Crippen LogP contribution in [0, 0.1) is 5.92 Å². The van der Waals surface area contributed by atoms with E-state index in [0.29, 0.717) is 11.8 Å². The number of piperidine rings is 1. The monoisotopic (exact) mass is 291 g/mol. The van der Waals surface area contributed by atoms with E-state index in [1.165, 1.54) is 25.6 Å². The number of hydrogen-bond donors (Lipinski definition) is 2. The Kier molecular flexibility index (Phi) is 4.58. The third-order valence-corrected chi connectivity index (χ3v) is 4.95. The number of carbonyl (C=O) groups is 1. The fourth-order valence-corrected chi connectivity index (χ4v) is 3.70. The predicted octanol–water partition coefficient (Wildman–Crippen LogP) is 2.32. The number of esters is 1. The molecule has 5 nitrogen and oxygen atoms in total. The zero-order chi connectivity index (χ0) is 14.7. The Bertz CT molecular complexity index is 480. The summed E-state index contributed by atoms with van der Waals surface area (Å²) < 4.78 is 4.90. The van der Waals surface area contributed by atoms with Gasteiger partial charge in [0.2, 0.25) is 0 Å². The highest BCUT2D eigenvalue weighted by Gasteiger charge is 2.30. The summed E-state index contributed by atoms with van der Waals surface area (Å²) in [7, 11) is 1.48. The molecule has 2 aliphatic rings. The molecule has 2 fully saturated rings. The lowest BCUT2D eigenvalue weighted by Crippen LogP contribution is -2.29. The molecule has 0 radical (unpaired) electrons. The van der Waals surface area contributed by atoms with Crippen LogP contribution in [0.2, 0.25) is 0 Å². The number of aromatic amines is 1. The Morgan fingerprint density at radius 2 is 2.14 bits per heavy atom. The molecule has 2 heterocycles. The van der Waals surface area contributed by atoms with Crippen molar-refractivity contribution in [3.05, 3.63) is 17.7 Å². The maximum Gasteiger partial charge on any atom is 0.308 e. The van der Waals surface area contributed by atoms with Gasteiger partial charge < -0.3 is 15.0 Å². The molecule has 1 aliphatic carbocycles. The SMILES string of the molecule is COC(=O)C1CCCC(c2cnc(C3CCCNC3)[nH]2)C1. The van der Waals surface area contributed by atoms with Crippen molar-refractivity contribution >= 4 is 5.97 Å². The van der Waals surface area contributed by atoms with Crippen LogP contribution in [0.4, 0.5) is 0 Å². The third kappa shape index (κ3) is 3.28. The van der Waals surface area contributed by atoms with Gasteiger partial charge in [-0.15, -0.1) is 0 Å². The Balaban J connectivity index is 1.66. The van der Waals surface area contributed by atoms with Gasteiger partial charge in [0.1, 0.15) is 5.82 Å². The molecule has 3 unspecified atom stereocenters. The lowest BCUT2D eigenvalue weighted by atomic mass is 9.80. The standard InChI is InChI=1S/C16H25N3O2/c1-21-16(20)12-5-2-4-11(8-12)14-10-18-15(19-14)13-6-3-7-17-9-13/h10-13,17H,2-9H2,1H3,(H,18,19). The maximum absolute atomic E-state index is 11.7. The zero-order valence-corrected chi connectivity index (χ0v) is 12.7. The second-order valence-corrected chi connectivity index (χ2v) is 6.35. The van der Waals surface area contributed by atoms with Crippen molar-refractivity contribution in [1.29, 1.82) is 0 Å². The number of methoxy groups -OCH3 is 1. The number of imidazole rings is 1. The number of H-pyrrole nitrogens is 1. The van der Waals surface area contributed by atoms with Crippen LogP contribution in [0.25, 0.3) is 0 Å². The summed E-state index contributed by atoms with van der Waals surface area (Å²) in [5, 5.41) is 3.43. The van der Waals surface area contributed by atoms with Gasteiger partial charge in [0.15, 0.2) is 0 Å². The summed E-state index contributed by atoms with van der Waals surface area (Å²) in [4.78, 5) is 19.9. The van der Waals surface area contributed by atoms with Gasteiger partial charge in [0.25, 0.3) is 0 Å². The molecular weight excluding hydrogens is 266 g/mol. The minimum atomic E-state index is -0.0593. The summed E-state index contributed by atoms with van der Waals surface area (Å²) in [5.74, 6) is 2.03. The molecule has 1 saturated carbocycles. The molecule has 1 saturated heterocycles. The van der Waals surface area contributed by atoms with Crippen LogP contribution in [0.15, 0.2) is 6.20 Å². The van der Waals surface area contributed by atoms with Crippen molar-refractivity contribution in [2.75, 3.05) is 20.2 Å². The summed E-state index contributed by atoms with van der Waals surface area (Å²) >= 11 is 0. The Hall–Kier alpha value is -1.36. The predicted molar refractivity (Wildman–Crippen MR) is 80.1 cm³/mol. The Morgan fingerprint density at radius 3 is 2.90 bits per heavy atom. The van der Waals surface area contributed by atoms with E-state index >= 15 is 0 Å². The largest absolute Gasteiger partial charge is 0.469 e. The van der Waals surface area contributed by atoms with E-state index in [0.717, 1.165) is 44.6 Å². The van der Waals surface area contributed by atoms with E-state index in [1.807, 2.05) is 6.20 Å². The van der Waals surface area contributed by atoms with E-state index in [2.05, 4.69) is 15.3 Å². The number of nitrogens with one attached hydrogen (secondary N) is 2. The number of nitrogens with zero attached hydrogens (tertiary/aromatic N) is 1. The van der Waals surface area contributed by atoms with Gasteiger partial charge in [-0.2, -0.15) is 0 Å². The van der Waals surface area contributed by atoms with Gasteiger partial charge in [-0.3, -0.25) is 4.79 Å². The van der Waals surface area contributed by atoms with Crippen LogP contribution in [-0.2, 0) is 9.53 Å². The van der Waals surface area contributed by atoms with Gasteiger partial charge in [-0.25, -0.2) is 4.98 Å². The number of ether oxygens (including phenoxy) is 1. The highest BCUT2D eigenvalue weighted by atomic mass is 16.5. The fraction of sp³-hybridized carbons (Fsp3) is 0.750. The number of aromatic nitrogens is 2. The Morgan fingerprint density at radius 1 is 1.29 bits per heavy atom. The van der Waals surface area contributed by atoms with Crippen molar-refractivity contribution in [3.63, 3.8) is 0 Å². The molecule has 21 heavy (non-hydrogen) atoms. The van der Waals surface area contributed by atoms with Crippen LogP contribution in [0.3, 0.4) is 0 Å². The fourth-order valence-electron chi connectivity index (χ4n) is 3.70. The molecular formula is C16H25N3O2. The summed E-state index contributed by atoms with van der Waals surface area (Å²) in [6.07, 6.45) is 8.47. The summed E-state index contributed by atoms with van der Waals surface area (Å²) in [5.41, 5.74) is 1.20. The highest BCUT2D eigenvalue weighted by molar-refractivity contribution is 5.72. The van der Waals surface area contributed by atoms with Gasteiger partial charge in [-0.1, -0.05) is 6.42 Å². The molecule has 116 valence electrons. The van der Waals surface area contributed by atoms with Crippen molar-refractivity contribution in [3.8, 4) is 0 Å². The number of hydrogen-bond acceptors (Lipinski definition) is 4. The van der Waals surface area contributed by atoms with E-state index in [-0.39, 0.29) is 11.9 Å². The molecule has 0 amide bonds. The van der Waals surface area contributed by atoms with Gasteiger partial charge in [-0.05, 0) is 38.6 Å². The van der Waals surface area contributed by atoms with Crippen LogP contribution < -0.4 is 5.32 Å². The molecule has 1 aromatic heterocycles. The first kappa shape index (κ1) is 14.6. The second kappa shape index (κ2) is 6.60. The molecule has 1 aliphatic heterocycles. The minimum absolute atomic E-state index is 0.0526. The van der Waals surface area contributed by atoms with E-state index < -0.39 is 0 Å². The molecule has 3 rings (SSSR count). The molecule has 2 N–H and O–H groups in total. The van der Waals surface area contributed by atoms with Gasteiger partial charge >= 0.3 is 5.97 Å². The maximum atomic E-state index is 11.7. The van der Waals surface area contributed by atoms with E-state index in [1.54, 1.807) is 0 Å². The molecule has 5 heteroatoms. The second-order valence-electron chi connectivity index (χ2n) is 6.35. The topological polar surface area (TPSA) is 67.0 Å². The van der Waals surface area contributed by atoms with Crippen molar-refractivity contribution in [2.24, 2.45) is 5.92 Å². The molecule has 3 atom stereocenters. The lowest BCUT2D eigenvalue weighted by molar-refractivity contribution is -0.146. The van der Waals surface area contributed by atoms with Crippen LogP contribution in [-0.4, -0.2) is 36.1 Å². The minimum Gasteiger partial charge on any atom is -0.469 e. The van der Waals surface area contributed by atoms with E-state index in [9.17, 15) is 4.79 Å². The van der Waals surface area contributed by atoms with E-state index in [4.69, 9.17) is 4.74 Å². The Labute approximate surface area is 125 Å². The lowest BCUT2D eigenvalue weighted by Gasteiger charge is -2.26. The van der Waals surface area contributed by atoms with Gasteiger partial charge in [0, 0.05) is 30.3 Å². The van der Waals surface area contributed by atoms with Crippen LogP contribution in [0.1, 0.15) is 61.9 Å². The van der Waals surface area contributed by atoms with Crippen LogP contribution >= 0.6 is 0 Å². The first-order valence-corrected chi connectivity index (χ1v) is 8.11. The molecule has 0 aromatic carbocycles. The quantitative estimate of drug-likeness (QED) is 0.839. The summed E-state index contributed by atoms with van der Waals surface area (Å²) in [6.45, 7) is 2.13.